The van der Waals surface area contributed by atoms with Crippen LogP contribution in [0, 0.1) is 6.92 Å². The summed E-state index contributed by atoms with van der Waals surface area (Å²) >= 11 is 0. The van der Waals surface area contributed by atoms with Crippen LogP contribution in [-0.2, 0) is 21.5 Å². The minimum atomic E-state index is -3.82. The van der Waals surface area contributed by atoms with E-state index in [0.717, 1.165) is 11.1 Å². The highest BCUT2D eigenvalue weighted by Gasteiger charge is 2.16. The molecule has 0 atom stereocenters. The Bertz CT molecular complexity index is 1050. The molecule has 28 heavy (non-hydrogen) atoms. The van der Waals surface area contributed by atoms with Gasteiger partial charge in [0.25, 0.3) is 15.9 Å². The second-order valence-electron chi connectivity index (χ2n) is 6.20. The summed E-state index contributed by atoms with van der Waals surface area (Å²) in [6, 6.07) is 22.1. The quantitative estimate of drug-likeness (QED) is 0.597. The highest BCUT2D eigenvalue weighted by molar-refractivity contribution is 7.92. The van der Waals surface area contributed by atoms with Crippen LogP contribution in [0.5, 0.6) is 0 Å². The first-order chi connectivity index (χ1) is 13.4. The van der Waals surface area contributed by atoms with Gasteiger partial charge in [0, 0.05) is 11.3 Å². The fourth-order valence-electron chi connectivity index (χ4n) is 2.46. The van der Waals surface area contributed by atoms with Crippen molar-refractivity contribution in [2.75, 3.05) is 4.72 Å². The van der Waals surface area contributed by atoms with E-state index in [1.54, 1.807) is 12.1 Å². The first-order valence-corrected chi connectivity index (χ1v) is 10.1. The Balaban J connectivity index is 1.66. The maximum Gasteiger partial charge on any atom is 0.274 e. The standard InChI is InChI=1S/C21H20N2O4S/c1-16-10-12-19(13-11-16)23-28(25,26)20-9-5-8-18(14-20)21(24)22-27-15-17-6-3-2-4-7-17/h2-14,23H,15H2,1H3,(H,22,24). The fraction of sp³-hybridized carbons (Fsp3) is 0.0952. The van der Waals surface area contributed by atoms with Crippen LogP contribution in [0.3, 0.4) is 0 Å². The van der Waals surface area contributed by atoms with Crippen molar-refractivity contribution in [1.82, 2.24) is 5.48 Å². The molecule has 144 valence electrons. The van der Waals surface area contributed by atoms with E-state index in [2.05, 4.69) is 10.2 Å². The van der Waals surface area contributed by atoms with Crippen molar-refractivity contribution in [3.63, 3.8) is 0 Å². The van der Waals surface area contributed by atoms with Crippen molar-refractivity contribution in [2.24, 2.45) is 0 Å². The third kappa shape index (κ3) is 5.18. The summed E-state index contributed by atoms with van der Waals surface area (Å²) < 4.78 is 27.7. The number of carbonyl (C=O) groups excluding carboxylic acids is 1. The fourth-order valence-corrected chi connectivity index (χ4v) is 3.56. The molecule has 3 aromatic rings. The average molecular weight is 396 g/mol. The normalized spacial score (nSPS) is 11.0. The lowest BCUT2D eigenvalue weighted by Gasteiger charge is -2.10. The van der Waals surface area contributed by atoms with E-state index < -0.39 is 15.9 Å². The number of carbonyl (C=O) groups is 1. The minimum Gasteiger partial charge on any atom is -0.280 e. The lowest BCUT2D eigenvalue weighted by molar-refractivity contribution is 0.0233. The molecule has 0 bridgehead atoms. The van der Waals surface area contributed by atoms with Gasteiger partial charge in [-0.25, -0.2) is 13.9 Å². The molecule has 0 aromatic heterocycles. The molecule has 6 nitrogen and oxygen atoms in total. The highest BCUT2D eigenvalue weighted by Crippen LogP contribution is 2.17. The van der Waals surface area contributed by atoms with Gasteiger partial charge >= 0.3 is 0 Å². The van der Waals surface area contributed by atoms with Crippen LogP contribution in [0.25, 0.3) is 0 Å². The van der Waals surface area contributed by atoms with Crippen LogP contribution < -0.4 is 10.2 Å². The monoisotopic (exact) mass is 396 g/mol. The molecule has 3 rings (SSSR count). The molecule has 0 heterocycles. The molecule has 0 aliphatic rings. The van der Waals surface area contributed by atoms with Gasteiger partial charge in [-0.15, -0.1) is 0 Å². The average Bonchev–Trinajstić information content (AvgIpc) is 2.70. The van der Waals surface area contributed by atoms with Crippen molar-refractivity contribution in [1.29, 1.82) is 0 Å². The number of amides is 1. The number of hydrogen-bond acceptors (Lipinski definition) is 4. The van der Waals surface area contributed by atoms with E-state index >= 15 is 0 Å². The Kier molecular flexibility index (Phi) is 6.08. The predicted molar refractivity (Wildman–Crippen MR) is 107 cm³/mol. The molecule has 0 aliphatic carbocycles. The summed E-state index contributed by atoms with van der Waals surface area (Å²) in [5, 5.41) is 0. The van der Waals surface area contributed by atoms with Gasteiger partial charge in [-0.3, -0.25) is 14.4 Å². The van der Waals surface area contributed by atoms with Crippen LogP contribution in [0.4, 0.5) is 5.69 Å². The molecule has 2 N–H and O–H groups in total. The van der Waals surface area contributed by atoms with Gasteiger partial charge in [-0.05, 0) is 42.8 Å². The molecule has 0 radical (unpaired) electrons. The van der Waals surface area contributed by atoms with Crippen molar-refractivity contribution >= 4 is 21.6 Å². The van der Waals surface area contributed by atoms with Crippen LogP contribution in [0.2, 0.25) is 0 Å². The van der Waals surface area contributed by atoms with Gasteiger partial charge < -0.3 is 0 Å². The zero-order valence-electron chi connectivity index (χ0n) is 15.3. The molecule has 0 aliphatic heterocycles. The van der Waals surface area contributed by atoms with Gasteiger partial charge in [-0.2, -0.15) is 0 Å². The largest absolute Gasteiger partial charge is 0.280 e. The Morgan fingerprint density at radius 3 is 2.36 bits per heavy atom. The SMILES string of the molecule is Cc1ccc(NS(=O)(=O)c2cccc(C(=O)NOCc3ccccc3)c2)cc1. The number of anilines is 1. The first-order valence-electron chi connectivity index (χ1n) is 8.60. The number of nitrogens with one attached hydrogen (secondary N) is 2. The topological polar surface area (TPSA) is 84.5 Å². The summed E-state index contributed by atoms with van der Waals surface area (Å²) in [5.41, 5.74) is 4.89. The Morgan fingerprint density at radius 2 is 1.64 bits per heavy atom. The zero-order valence-corrected chi connectivity index (χ0v) is 16.1. The number of hydroxylamine groups is 1. The molecule has 0 saturated carbocycles. The van der Waals surface area contributed by atoms with E-state index in [-0.39, 0.29) is 17.1 Å². The maximum atomic E-state index is 12.6. The van der Waals surface area contributed by atoms with Crippen LogP contribution >= 0.6 is 0 Å². The van der Waals surface area contributed by atoms with Gasteiger partial charge in [0.15, 0.2) is 0 Å². The summed E-state index contributed by atoms with van der Waals surface area (Å²) in [5.74, 6) is -0.525. The Hall–Kier alpha value is -3.16. The third-order valence-electron chi connectivity index (χ3n) is 3.96. The van der Waals surface area contributed by atoms with Crippen molar-refractivity contribution in [3.8, 4) is 0 Å². The second kappa shape index (κ2) is 8.69. The number of hydrogen-bond donors (Lipinski definition) is 2. The zero-order chi connectivity index (χ0) is 20.0. The molecular formula is C21H20N2O4S. The third-order valence-corrected chi connectivity index (χ3v) is 5.34. The van der Waals surface area contributed by atoms with E-state index in [4.69, 9.17) is 4.84 Å². The minimum absolute atomic E-state index is 0.0104. The van der Waals surface area contributed by atoms with E-state index in [1.807, 2.05) is 49.4 Å². The van der Waals surface area contributed by atoms with Gasteiger partial charge in [-0.1, -0.05) is 54.1 Å². The molecule has 7 heteroatoms. The smallest absolute Gasteiger partial charge is 0.274 e. The summed E-state index contributed by atoms with van der Waals surface area (Å²) in [4.78, 5) is 17.5. The number of aryl methyl sites for hydroxylation is 1. The molecule has 0 fully saturated rings. The molecular weight excluding hydrogens is 376 g/mol. The number of rotatable bonds is 7. The highest BCUT2D eigenvalue weighted by atomic mass is 32.2. The lowest BCUT2D eigenvalue weighted by atomic mass is 10.2. The molecule has 0 saturated heterocycles. The van der Waals surface area contributed by atoms with E-state index in [0.29, 0.717) is 5.69 Å². The Morgan fingerprint density at radius 1 is 0.929 bits per heavy atom. The van der Waals surface area contributed by atoms with E-state index in [1.165, 1.54) is 24.3 Å². The molecule has 0 unspecified atom stereocenters. The number of benzene rings is 3. The van der Waals surface area contributed by atoms with E-state index in [9.17, 15) is 13.2 Å². The van der Waals surface area contributed by atoms with Crippen molar-refractivity contribution in [2.45, 2.75) is 18.4 Å². The molecule has 0 spiro atoms. The number of sulfonamides is 1. The molecule has 1 amide bonds. The molecule has 3 aromatic carbocycles. The van der Waals surface area contributed by atoms with Crippen LogP contribution in [-0.4, -0.2) is 14.3 Å². The van der Waals surface area contributed by atoms with Crippen molar-refractivity contribution in [3.05, 3.63) is 95.6 Å². The second-order valence-corrected chi connectivity index (χ2v) is 7.89. The first kappa shape index (κ1) is 19.6. The van der Waals surface area contributed by atoms with Gasteiger partial charge in [0.1, 0.15) is 0 Å². The summed E-state index contributed by atoms with van der Waals surface area (Å²) in [6.45, 7) is 2.12. The van der Waals surface area contributed by atoms with Crippen LogP contribution in [0.15, 0.2) is 83.8 Å². The van der Waals surface area contributed by atoms with Gasteiger partial charge in [0.2, 0.25) is 0 Å². The van der Waals surface area contributed by atoms with Crippen molar-refractivity contribution < 1.29 is 18.0 Å². The Labute approximate surface area is 164 Å². The summed E-state index contributed by atoms with van der Waals surface area (Å²) in [6.07, 6.45) is 0. The summed E-state index contributed by atoms with van der Waals surface area (Å²) in [7, 11) is -3.82. The van der Waals surface area contributed by atoms with Gasteiger partial charge in [0.05, 0.1) is 11.5 Å². The predicted octanol–water partition coefficient (Wildman–Crippen LogP) is 3.66. The maximum absolute atomic E-state index is 12.6. The lowest BCUT2D eigenvalue weighted by Crippen LogP contribution is -2.24. The van der Waals surface area contributed by atoms with Crippen LogP contribution in [0.1, 0.15) is 21.5 Å².